The van der Waals surface area contributed by atoms with E-state index in [1.807, 2.05) is 0 Å². The molecule has 1 unspecified atom stereocenters. The van der Waals surface area contributed by atoms with Gasteiger partial charge >= 0.3 is 0 Å². The Morgan fingerprint density at radius 2 is 2.25 bits per heavy atom. The first-order chi connectivity index (χ1) is 9.72. The first-order valence-electron chi connectivity index (χ1n) is 6.71. The molecule has 3 rings (SSSR count). The van der Waals surface area contributed by atoms with Gasteiger partial charge in [-0.2, -0.15) is 0 Å². The van der Waals surface area contributed by atoms with Crippen LogP contribution in [0.1, 0.15) is 19.3 Å². The van der Waals surface area contributed by atoms with E-state index in [0.29, 0.717) is 24.6 Å². The summed E-state index contributed by atoms with van der Waals surface area (Å²) in [4.78, 5) is 27.9. The molecule has 106 valence electrons. The van der Waals surface area contributed by atoms with Crippen LogP contribution in [0.15, 0.2) is 23.6 Å². The molecule has 0 aliphatic carbocycles. The molecule has 0 radical (unpaired) electrons. The zero-order chi connectivity index (χ0) is 14.0. The van der Waals surface area contributed by atoms with Crippen LogP contribution in [0.5, 0.6) is 0 Å². The van der Waals surface area contributed by atoms with Crippen LogP contribution in [0.3, 0.4) is 0 Å². The van der Waals surface area contributed by atoms with Gasteiger partial charge in [0.05, 0.1) is 6.54 Å². The number of amides is 1. The van der Waals surface area contributed by atoms with E-state index in [4.69, 9.17) is 4.84 Å². The Morgan fingerprint density at radius 3 is 3.00 bits per heavy atom. The summed E-state index contributed by atoms with van der Waals surface area (Å²) in [6.07, 6.45) is 5.85. The number of nitrogens with zero attached hydrogens (tertiary/aromatic N) is 4. The molecule has 1 N–H and O–H groups in total. The van der Waals surface area contributed by atoms with Crippen molar-refractivity contribution in [2.45, 2.75) is 24.9 Å². The second-order valence-electron chi connectivity index (χ2n) is 5.14. The van der Waals surface area contributed by atoms with Gasteiger partial charge in [0.15, 0.2) is 5.60 Å². The van der Waals surface area contributed by atoms with Gasteiger partial charge in [-0.25, -0.2) is 9.97 Å². The fraction of sp³-hybridized carbons (Fsp3) is 0.538. The van der Waals surface area contributed by atoms with E-state index in [1.165, 1.54) is 0 Å². The average molecular weight is 275 g/mol. The minimum atomic E-state index is -0.417. The van der Waals surface area contributed by atoms with Crippen molar-refractivity contribution in [3.63, 3.8) is 0 Å². The molecule has 1 fully saturated rings. The summed E-state index contributed by atoms with van der Waals surface area (Å²) in [6.45, 7) is 1.55. The molecule has 0 bridgehead atoms. The number of carbonyl (C=O) groups excluding carboxylic acids is 1. The molecule has 20 heavy (non-hydrogen) atoms. The fourth-order valence-electron chi connectivity index (χ4n) is 2.73. The maximum Gasteiger partial charge on any atom is 0.268 e. The van der Waals surface area contributed by atoms with E-state index >= 15 is 0 Å². The van der Waals surface area contributed by atoms with Crippen molar-refractivity contribution in [3.05, 3.63) is 18.5 Å². The van der Waals surface area contributed by atoms with Gasteiger partial charge in [-0.05, 0) is 18.9 Å². The maximum absolute atomic E-state index is 11.6. The number of nitrogens with one attached hydrogen (secondary N) is 1. The van der Waals surface area contributed by atoms with Gasteiger partial charge in [-0.1, -0.05) is 5.16 Å². The van der Waals surface area contributed by atoms with Gasteiger partial charge in [0.25, 0.3) is 5.91 Å². The van der Waals surface area contributed by atoms with Gasteiger partial charge < -0.3 is 15.1 Å². The number of piperidine rings is 1. The first kappa shape index (κ1) is 12.8. The van der Waals surface area contributed by atoms with E-state index < -0.39 is 5.60 Å². The second kappa shape index (κ2) is 5.07. The topological polar surface area (TPSA) is 79.7 Å². The average Bonchev–Trinajstić information content (AvgIpc) is 2.91. The van der Waals surface area contributed by atoms with Crippen LogP contribution in [-0.2, 0) is 9.63 Å². The summed E-state index contributed by atoms with van der Waals surface area (Å²) in [5.41, 5.74) is 0.0441. The van der Waals surface area contributed by atoms with E-state index in [0.717, 1.165) is 19.4 Å². The monoisotopic (exact) mass is 275 g/mol. The lowest BCUT2D eigenvalue weighted by Crippen LogP contribution is -2.49. The normalized spacial score (nSPS) is 25.2. The number of oxime groups is 1. The Bertz CT molecular complexity index is 533. The molecule has 3 heterocycles. The first-order valence-corrected chi connectivity index (χ1v) is 6.71. The van der Waals surface area contributed by atoms with Crippen molar-refractivity contribution in [1.29, 1.82) is 0 Å². The van der Waals surface area contributed by atoms with Crippen LogP contribution >= 0.6 is 0 Å². The molecule has 0 aromatic carbocycles. The SMILES string of the molecule is CNC(=O)C1=NOC2(CCCN(c3ncccn3)C2)C1. The third kappa shape index (κ3) is 2.31. The van der Waals surface area contributed by atoms with Gasteiger partial charge in [-0.3, -0.25) is 4.79 Å². The molecular formula is C13H17N5O2. The molecule has 1 amide bonds. The van der Waals surface area contributed by atoms with Crippen molar-refractivity contribution in [3.8, 4) is 0 Å². The molecule has 0 saturated carbocycles. The molecule has 2 aliphatic heterocycles. The highest BCUT2D eigenvalue weighted by Gasteiger charge is 2.44. The van der Waals surface area contributed by atoms with Gasteiger partial charge in [0.1, 0.15) is 5.71 Å². The highest BCUT2D eigenvalue weighted by atomic mass is 16.7. The lowest BCUT2D eigenvalue weighted by atomic mass is 9.88. The van der Waals surface area contributed by atoms with Crippen molar-refractivity contribution < 1.29 is 9.63 Å². The minimum Gasteiger partial charge on any atom is -0.386 e. The highest BCUT2D eigenvalue weighted by Crippen LogP contribution is 2.34. The lowest BCUT2D eigenvalue weighted by molar-refractivity contribution is -0.114. The summed E-state index contributed by atoms with van der Waals surface area (Å²) in [5.74, 6) is 0.526. The van der Waals surface area contributed by atoms with Crippen LogP contribution in [-0.4, -0.2) is 47.3 Å². The number of anilines is 1. The third-order valence-electron chi connectivity index (χ3n) is 3.70. The Kier molecular flexibility index (Phi) is 3.25. The minimum absolute atomic E-state index is 0.171. The second-order valence-corrected chi connectivity index (χ2v) is 5.14. The molecule has 1 atom stereocenters. The van der Waals surface area contributed by atoms with Crippen LogP contribution in [0.4, 0.5) is 5.95 Å². The Balaban J connectivity index is 1.72. The van der Waals surface area contributed by atoms with Crippen LogP contribution < -0.4 is 10.2 Å². The van der Waals surface area contributed by atoms with Gasteiger partial charge in [0.2, 0.25) is 5.95 Å². The van der Waals surface area contributed by atoms with Crippen molar-refractivity contribution in [2.75, 3.05) is 25.0 Å². The fourth-order valence-corrected chi connectivity index (χ4v) is 2.73. The number of hydrogen-bond donors (Lipinski definition) is 1. The third-order valence-corrected chi connectivity index (χ3v) is 3.70. The molecule has 7 nitrogen and oxygen atoms in total. The maximum atomic E-state index is 11.6. The number of carbonyl (C=O) groups is 1. The summed E-state index contributed by atoms with van der Waals surface area (Å²) >= 11 is 0. The van der Waals surface area contributed by atoms with Gasteiger partial charge in [0, 0.05) is 32.4 Å². The highest BCUT2D eigenvalue weighted by molar-refractivity contribution is 6.39. The molecule has 1 aromatic heterocycles. The molecule has 7 heteroatoms. The van der Waals surface area contributed by atoms with E-state index in [1.54, 1.807) is 25.5 Å². The largest absolute Gasteiger partial charge is 0.386 e. The van der Waals surface area contributed by atoms with Gasteiger partial charge in [-0.15, -0.1) is 0 Å². The molecule has 1 aromatic rings. The predicted molar refractivity (Wildman–Crippen MR) is 73.4 cm³/mol. The summed E-state index contributed by atoms with van der Waals surface area (Å²) in [6, 6.07) is 1.79. The van der Waals surface area contributed by atoms with E-state index in [9.17, 15) is 4.79 Å². The number of rotatable bonds is 2. The summed E-state index contributed by atoms with van der Waals surface area (Å²) in [5, 5.41) is 6.53. The lowest BCUT2D eigenvalue weighted by Gasteiger charge is -2.38. The standard InChI is InChI=1S/C13H17N5O2/c1-14-11(19)10-8-13(20-17-10)4-2-7-18(9-13)12-15-5-3-6-16-12/h3,5-6H,2,4,7-9H2,1H3,(H,14,19). The van der Waals surface area contributed by atoms with Crippen molar-refractivity contribution in [1.82, 2.24) is 15.3 Å². The number of hydrogen-bond acceptors (Lipinski definition) is 6. The van der Waals surface area contributed by atoms with Crippen molar-refractivity contribution in [2.24, 2.45) is 5.16 Å². The molecule has 1 saturated heterocycles. The number of aromatic nitrogens is 2. The van der Waals surface area contributed by atoms with E-state index in [2.05, 4.69) is 25.3 Å². The zero-order valence-corrected chi connectivity index (χ0v) is 11.4. The summed E-state index contributed by atoms with van der Waals surface area (Å²) < 4.78 is 0. The zero-order valence-electron chi connectivity index (χ0n) is 11.4. The van der Waals surface area contributed by atoms with Crippen LogP contribution in [0.25, 0.3) is 0 Å². The molecular weight excluding hydrogens is 258 g/mol. The quantitative estimate of drug-likeness (QED) is 0.842. The van der Waals surface area contributed by atoms with Crippen LogP contribution in [0.2, 0.25) is 0 Å². The Morgan fingerprint density at radius 1 is 1.45 bits per heavy atom. The molecule has 2 aliphatic rings. The van der Waals surface area contributed by atoms with E-state index in [-0.39, 0.29) is 5.91 Å². The van der Waals surface area contributed by atoms with Crippen molar-refractivity contribution >= 4 is 17.6 Å². The summed E-state index contributed by atoms with van der Waals surface area (Å²) in [7, 11) is 1.60. The van der Waals surface area contributed by atoms with Crippen LogP contribution in [0, 0.1) is 0 Å². The predicted octanol–water partition coefficient (Wildman–Crippen LogP) is 0.338. The molecule has 1 spiro atoms. The Labute approximate surface area is 117 Å². The smallest absolute Gasteiger partial charge is 0.268 e. The Hall–Kier alpha value is -2.18.